The zero-order valence-corrected chi connectivity index (χ0v) is 21.7. The summed E-state index contributed by atoms with van der Waals surface area (Å²) in [4.78, 5) is 32.7. The first kappa shape index (κ1) is 23.7. The van der Waals surface area contributed by atoms with Crippen LogP contribution in [0.25, 0.3) is 16.3 Å². The smallest absolute Gasteiger partial charge is 0.272 e. The Morgan fingerprint density at radius 2 is 2.08 bits per heavy atom. The van der Waals surface area contributed by atoms with Crippen LogP contribution >= 0.6 is 11.3 Å². The maximum Gasteiger partial charge on any atom is 0.272 e. The monoisotopic (exact) mass is 514 g/mol. The van der Waals surface area contributed by atoms with Gasteiger partial charge in [-0.05, 0) is 62.3 Å². The molecule has 0 spiro atoms. The van der Waals surface area contributed by atoms with Crippen LogP contribution in [0.3, 0.4) is 0 Å². The van der Waals surface area contributed by atoms with Crippen LogP contribution in [0.15, 0.2) is 65.5 Å². The number of thiazole rings is 1. The number of nitrogens with one attached hydrogen (secondary N) is 3. The van der Waals surface area contributed by atoms with Gasteiger partial charge in [-0.3, -0.25) is 9.59 Å². The second kappa shape index (κ2) is 9.63. The van der Waals surface area contributed by atoms with E-state index < -0.39 is 0 Å². The first-order chi connectivity index (χ1) is 18.0. The Morgan fingerprint density at radius 1 is 1.27 bits per heavy atom. The van der Waals surface area contributed by atoms with E-state index in [0.717, 1.165) is 52.2 Å². The van der Waals surface area contributed by atoms with E-state index >= 15 is 0 Å². The molecule has 0 bridgehead atoms. The molecule has 2 aromatic heterocycles. The van der Waals surface area contributed by atoms with Gasteiger partial charge >= 0.3 is 0 Å². The van der Waals surface area contributed by atoms with E-state index in [1.54, 1.807) is 17.5 Å². The van der Waals surface area contributed by atoms with E-state index in [2.05, 4.69) is 38.8 Å². The summed E-state index contributed by atoms with van der Waals surface area (Å²) in [6.07, 6.45) is 13.6. The predicted molar refractivity (Wildman–Crippen MR) is 145 cm³/mol. The Balaban J connectivity index is 1.04. The van der Waals surface area contributed by atoms with Gasteiger partial charge in [0.25, 0.3) is 11.5 Å². The average Bonchev–Trinajstić information content (AvgIpc) is 3.52. The van der Waals surface area contributed by atoms with Crippen molar-refractivity contribution in [2.24, 2.45) is 5.92 Å². The van der Waals surface area contributed by atoms with Gasteiger partial charge in [0.15, 0.2) is 0 Å². The fourth-order valence-corrected chi connectivity index (χ4v) is 6.41. The molecule has 8 nitrogen and oxygen atoms in total. The van der Waals surface area contributed by atoms with Gasteiger partial charge in [-0.25, -0.2) is 10.1 Å². The van der Waals surface area contributed by atoms with Gasteiger partial charge < -0.3 is 15.5 Å². The molecule has 2 aliphatic heterocycles. The summed E-state index contributed by atoms with van der Waals surface area (Å²) in [6.45, 7) is 4.17. The third kappa shape index (κ3) is 4.48. The summed E-state index contributed by atoms with van der Waals surface area (Å²) >= 11 is 1.67. The number of carbonyl (C=O) groups is 1. The van der Waals surface area contributed by atoms with Crippen molar-refractivity contribution in [2.75, 3.05) is 0 Å². The van der Waals surface area contributed by atoms with E-state index in [4.69, 9.17) is 0 Å². The molecular weight excluding hydrogens is 484 g/mol. The molecular formula is C28H30N6O2S. The second-order valence-electron chi connectivity index (χ2n) is 10.1. The van der Waals surface area contributed by atoms with Gasteiger partial charge in [-0.1, -0.05) is 25.1 Å². The largest absolute Gasteiger partial charge is 0.366 e. The predicted octanol–water partition coefficient (Wildman–Crippen LogP) is 4.15. The highest BCUT2D eigenvalue weighted by atomic mass is 32.1. The number of aryl methyl sites for hydroxylation is 1. The number of hydrogen-bond acceptors (Lipinski definition) is 7. The van der Waals surface area contributed by atoms with Crippen LogP contribution in [-0.2, 0) is 4.79 Å². The van der Waals surface area contributed by atoms with Gasteiger partial charge in [-0.15, -0.1) is 11.3 Å². The summed E-state index contributed by atoms with van der Waals surface area (Å²) < 4.78 is 0. The van der Waals surface area contributed by atoms with Crippen LogP contribution in [-0.4, -0.2) is 38.2 Å². The van der Waals surface area contributed by atoms with Crippen LogP contribution in [0.2, 0.25) is 0 Å². The quantitative estimate of drug-likeness (QED) is 0.438. The molecule has 9 heteroatoms. The lowest BCUT2D eigenvalue weighted by molar-refractivity contribution is -0.120. The lowest BCUT2D eigenvalue weighted by atomic mass is 9.73. The summed E-state index contributed by atoms with van der Waals surface area (Å²) in [5, 5.41) is 16.3. The minimum Gasteiger partial charge on any atom is -0.366 e. The van der Waals surface area contributed by atoms with Crippen molar-refractivity contribution < 1.29 is 4.79 Å². The number of fused-ring (bicyclic) bond motifs is 2. The van der Waals surface area contributed by atoms with Crippen molar-refractivity contribution in [3.05, 3.63) is 86.6 Å². The minimum absolute atomic E-state index is 0.0473. The van der Waals surface area contributed by atoms with Gasteiger partial charge in [0, 0.05) is 35.9 Å². The van der Waals surface area contributed by atoms with Gasteiger partial charge in [0.2, 0.25) is 0 Å². The number of nitrogens with zero attached hydrogens (tertiary/aromatic N) is 3. The molecule has 1 fully saturated rings. The van der Waals surface area contributed by atoms with Gasteiger partial charge in [0.1, 0.15) is 11.9 Å². The first-order valence-corrected chi connectivity index (χ1v) is 13.7. The highest BCUT2D eigenvalue weighted by molar-refractivity contribution is 7.12. The molecule has 1 aliphatic carbocycles. The zero-order chi connectivity index (χ0) is 25.5. The van der Waals surface area contributed by atoms with E-state index in [-0.39, 0.29) is 29.6 Å². The topological polar surface area (TPSA) is 103 Å². The molecule has 2 atom stereocenters. The van der Waals surface area contributed by atoms with Crippen molar-refractivity contribution in [1.82, 2.24) is 30.7 Å². The average molecular weight is 515 g/mol. The highest BCUT2D eigenvalue weighted by Crippen LogP contribution is 2.39. The van der Waals surface area contributed by atoms with Crippen molar-refractivity contribution in [3.63, 3.8) is 0 Å². The molecule has 37 heavy (non-hydrogen) atoms. The third-order valence-electron chi connectivity index (χ3n) is 7.65. The molecule has 0 radical (unpaired) electrons. The molecule has 1 aromatic carbocycles. The number of benzene rings is 1. The number of hydrogen-bond donors (Lipinski definition) is 3. The Hall–Kier alpha value is -3.72. The lowest BCUT2D eigenvalue weighted by Gasteiger charge is -2.38. The Morgan fingerprint density at radius 3 is 2.84 bits per heavy atom. The number of rotatable bonds is 7. The van der Waals surface area contributed by atoms with Crippen LogP contribution in [0.5, 0.6) is 0 Å². The van der Waals surface area contributed by atoms with E-state index in [0.29, 0.717) is 17.0 Å². The first-order valence-electron chi connectivity index (χ1n) is 12.9. The molecule has 6 rings (SSSR count). The van der Waals surface area contributed by atoms with E-state index in [1.807, 2.05) is 54.6 Å². The van der Waals surface area contributed by atoms with Crippen molar-refractivity contribution in [3.8, 4) is 0 Å². The number of carbonyl (C=O) groups excluding carboxylic acids is 1. The number of aromatic nitrogens is 3. The number of H-pyrrole nitrogens is 1. The highest BCUT2D eigenvalue weighted by Gasteiger charge is 2.36. The Labute approximate surface area is 219 Å². The second-order valence-corrected chi connectivity index (χ2v) is 11.3. The maximum absolute atomic E-state index is 13.1. The maximum atomic E-state index is 13.1. The number of allylic oxidation sites excluding steroid dienone is 2. The lowest BCUT2D eigenvalue weighted by Crippen LogP contribution is -2.47. The molecule has 0 saturated heterocycles. The third-order valence-corrected chi connectivity index (χ3v) is 8.61. The Bertz CT molecular complexity index is 1500. The standard InChI is InChI=1S/C28H30N6O2S/c1-3-18(26-21-6-4-5-7-22(21)27(35)33-32-26)10-17-11-20(12-17)31-28(36)23-14-30-25-13-19(8-9-34(23)25)24-15-29-16(2)37-24/h4-9,13-15,17-18,20,25,30H,3,10-12H2,1-2H3,(H,31,36)(H,33,35)/t17?,18-,20?,25?/m1/s1. The minimum atomic E-state index is -0.146. The molecule has 4 heterocycles. The van der Waals surface area contributed by atoms with E-state index in [9.17, 15) is 9.59 Å². The number of amides is 1. The van der Waals surface area contributed by atoms with Gasteiger partial charge in [-0.2, -0.15) is 5.10 Å². The molecule has 1 saturated carbocycles. The summed E-state index contributed by atoms with van der Waals surface area (Å²) in [7, 11) is 0. The SMILES string of the molecule is CC[C@H](CC1CC(NC(=O)C2=CNC3C=C(c4cnc(C)s4)C=CN23)C1)c1n[nH]c(=O)c2ccccc12. The molecule has 3 aliphatic rings. The fraction of sp³-hybridized carbons (Fsp3) is 0.357. The van der Waals surface area contributed by atoms with Crippen molar-refractivity contribution >= 4 is 33.6 Å². The molecule has 1 amide bonds. The number of aromatic amines is 1. The van der Waals surface area contributed by atoms with Crippen LogP contribution < -0.4 is 16.2 Å². The fourth-order valence-electron chi connectivity index (χ4n) is 5.63. The van der Waals surface area contributed by atoms with Crippen LogP contribution in [0, 0.1) is 12.8 Å². The van der Waals surface area contributed by atoms with Crippen molar-refractivity contribution in [1.29, 1.82) is 0 Å². The van der Waals surface area contributed by atoms with E-state index in [1.165, 1.54) is 0 Å². The molecule has 190 valence electrons. The normalized spacial score (nSPS) is 23.1. The molecule has 3 N–H and O–H groups in total. The van der Waals surface area contributed by atoms with Crippen LogP contribution in [0.1, 0.15) is 54.1 Å². The summed E-state index contributed by atoms with van der Waals surface area (Å²) in [5.41, 5.74) is 2.57. The van der Waals surface area contributed by atoms with Crippen LogP contribution in [0.4, 0.5) is 0 Å². The van der Waals surface area contributed by atoms with Gasteiger partial charge in [0.05, 0.1) is 21.0 Å². The summed E-state index contributed by atoms with van der Waals surface area (Å²) in [6, 6.07) is 7.86. The zero-order valence-electron chi connectivity index (χ0n) is 20.9. The molecule has 1 unspecified atom stereocenters. The van der Waals surface area contributed by atoms with Crippen molar-refractivity contribution in [2.45, 2.75) is 57.7 Å². The Kier molecular flexibility index (Phi) is 6.16. The molecule has 3 aromatic rings. The summed E-state index contributed by atoms with van der Waals surface area (Å²) in [5.74, 6) is 0.746.